The van der Waals surface area contributed by atoms with E-state index in [-0.39, 0.29) is 19.2 Å². The first-order valence-corrected chi connectivity index (χ1v) is 7.09. The quantitative estimate of drug-likeness (QED) is 0.621. The molecule has 1 aromatic carbocycles. The van der Waals surface area contributed by atoms with Crippen molar-refractivity contribution in [1.82, 2.24) is 0 Å². The average molecular weight is 306 g/mol. The Kier molecular flexibility index (Phi) is 5.55. The zero-order valence-corrected chi connectivity index (χ0v) is 12.3. The Morgan fingerprint density at radius 3 is 2.82 bits per heavy atom. The van der Waals surface area contributed by atoms with E-state index < -0.39 is 11.7 Å². The molecule has 0 fully saturated rings. The highest BCUT2D eigenvalue weighted by atomic mass is 16.6. The van der Waals surface area contributed by atoms with Crippen LogP contribution in [-0.2, 0) is 9.53 Å². The van der Waals surface area contributed by atoms with Crippen LogP contribution in [0.25, 0.3) is 11.0 Å². The first-order valence-electron chi connectivity index (χ1n) is 7.09. The third-order valence-corrected chi connectivity index (χ3v) is 2.99. The van der Waals surface area contributed by atoms with Crippen molar-refractivity contribution in [2.24, 2.45) is 0 Å². The van der Waals surface area contributed by atoms with Gasteiger partial charge in [0.25, 0.3) is 0 Å². The highest BCUT2D eigenvalue weighted by Crippen LogP contribution is 2.19. The summed E-state index contributed by atoms with van der Waals surface area (Å²) < 4.78 is 15.6. The van der Waals surface area contributed by atoms with Crippen LogP contribution in [0.2, 0.25) is 0 Å². The van der Waals surface area contributed by atoms with Crippen LogP contribution < -0.4 is 10.4 Å². The van der Waals surface area contributed by atoms with Crippen LogP contribution in [0, 0.1) is 0 Å². The number of aliphatic hydroxyl groups excluding tert-OH is 1. The first kappa shape index (κ1) is 16.0. The highest BCUT2D eigenvalue weighted by molar-refractivity contribution is 5.77. The summed E-state index contributed by atoms with van der Waals surface area (Å²) in [7, 11) is 0. The van der Waals surface area contributed by atoms with Gasteiger partial charge in [0.15, 0.2) is 6.10 Å². The Morgan fingerprint density at radius 1 is 1.32 bits per heavy atom. The molecule has 0 amide bonds. The molecule has 0 saturated carbocycles. The Hall–Kier alpha value is -2.34. The van der Waals surface area contributed by atoms with Crippen molar-refractivity contribution in [2.45, 2.75) is 25.9 Å². The zero-order chi connectivity index (χ0) is 15.9. The SMILES string of the molecule is CCCC(=O)OC(CO)COc1ccc2ccc(=O)oc2c1. The van der Waals surface area contributed by atoms with Gasteiger partial charge in [0, 0.05) is 23.9 Å². The number of carbonyl (C=O) groups excluding carboxylic acids is 1. The van der Waals surface area contributed by atoms with Gasteiger partial charge in [-0.15, -0.1) is 0 Å². The molecule has 0 aliphatic heterocycles. The van der Waals surface area contributed by atoms with Crippen LogP contribution in [-0.4, -0.2) is 30.4 Å². The first-order chi connectivity index (χ1) is 10.6. The van der Waals surface area contributed by atoms with Crippen LogP contribution in [0.4, 0.5) is 0 Å². The van der Waals surface area contributed by atoms with Crippen molar-refractivity contribution >= 4 is 16.9 Å². The summed E-state index contributed by atoms with van der Waals surface area (Å²) >= 11 is 0. The number of hydrogen-bond donors (Lipinski definition) is 1. The van der Waals surface area contributed by atoms with Crippen LogP contribution in [0.15, 0.2) is 39.5 Å². The van der Waals surface area contributed by atoms with Gasteiger partial charge in [-0.25, -0.2) is 4.79 Å². The fourth-order valence-corrected chi connectivity index (χ4v) is 1.89. The lowest BCUT2D eigenvalue weighted by Gasteiger charge is -2.16. The number of aliphatic hydroxyl groups is 1. The second-order valence-electron chi connectivity index (χ2n) is 4.81. The van der Waals surface area contributed by atoms with Gasteiger partial charge in [0.05, 0.1) is 6.61 Å². The maximum absolute atomic E-state index is 11.4. The third-order valence-electron chi connectivity index (χ3n) is 2.99. The number of ether oxygens (including phenoxy) is 2. The molecule has 0 spiro atoms. The van der Waals surface area contributed by atoms with E-state index in [1.165, 1.54) is 6.07 Å². The molecule has 0 aliphatic rings. The van der Waals surface area contributed by atoms with Crippen molar-refractivity contribution in [2.75, 3.05) is 13.2 Å². The fourth-order valence-electron chi connectivity index (χ4n) is 1.89. The van der Waals surface area contributed by atoms with Crippen molar-refractivity contribution in [3.05, 3.63) is 40.8 Å². The third kappa shape index (κ3) is 4.33. The molecular formula is C16H18O6. The van der Waals surface area contributed by atoms with Crippen LogP contribution in [0.5, 0.6) is 5.75 Å². The molecule has 118 valence electrons. The van der Waals surface area contributed by atoms with Gasteiger partial charge in [-0.2, -0.15) is 0 Å². The molecule has 1 unspecified atom stereocenters. The molecule has 1 aromatic heterocycles. The van der Waals surface area contributed by atoms with Crippen LogP contribution in [0.3, 0.4) is 0 Å². The van der Waals surface area contributed by atoms with E-state index in [0.29, 0.717) is 24.2 Å². The fraction of sp³-hybridized carbons (Fsp3) is 0.375. The van der Waals surface area contributed by atoms with E-state index in [1.807, 2.05) is 6.92 Å². The molecule has 6 heteroatoms. The highest BCUT2D eigenvalue weighted by Gasteiger charge is 2.14. The molecule has 1 heterocycles. The van der Waals surface area contributed by atoms with E-state index >= 15 is 0 Å². The molecular weight excluding hydrogens is 288 g/mol. The zero-order valence-electron chi connectivity index (χ0n) is 12.3. The van der Waals surface area contributed by atoms with Crippen molar-refractivity contribution in [3.8, 4) is 5.75 Å². The lowest BCUT2D eigenvalue weighted by molar-refractivity contribution is -0.152. The molecule has 0 radical (unpaired) electrons. The lowest BCUT2D eigenvalue weighted by Crippen LogP contribution is -2.28. The Balaban J connectivity index is 2.00. The summed E-state index contributed by atoms with van der Waals surface area (Å²) in [5, 5.41) is 9.99. The second-order valence-corrected chi connectivity index (χ2v) is 4.81. The number of carbonyl (C=O) groups is 1. The summed E-state index contributed by atoms with van der Waals surface area (Å²) in [6, 6.07) is 8.06. The van der Waals surface area contributed by atoms with Crippen LogP contribution >= 0.6 is 0 Å². The van der Waals surface area contributed by atoms with Crippen molar-refractivity contribution in [3.63, 3.8) is 0 Å². The summed E-state index contributed by atoms with van der Waals surface area (Å²) in [6.45, 7) is 1.57. The van der Waals surface area contributed by atoms with Crippen molar-refractivity contribution < 1.29 is 23.8 Å². The van der Waals surface area contributed by atoms with Gasteiger partial charge in [-0.05, 0) is 24.6 Å². The molecule has 6 nitrogen and oxygen atoms in total. The topological polar surface area (TPSA) is 86.0 Å². The summed E-state index contributed by atoms with van der Waals surface area (Å²) in [5.74, 6) is 0.0986. The normalized spacial score (nSPS) is 12.1. The molecule has 1 atom stereocenters. The molecule has 0 bridgehead atoms. The van der Waals surface area contributed by atoms with Gasteiger partial charge >= 0.3 is 11.6 Å². The summed E-state index contributed by atoms with van der Waals surface area (Å²) in [5.41, 5.74) is -0.0279. The van der Waals surface area contributed by atoms with Gasteiger partial charge < -0.3 is 19.0 Å². The number of fused-ring (bicyclic) bond motifs is 1. The van der Waals surface area contributed by atoms with Gasteiger partial charge in [0.1, 0.15) is 17.9 Å². The van der Waals surface area contributed by atoms with Crippen molar-refractivity contribution in [1.29, 1.82) is 0 Å². The predicted molar refractivity (Wildman–Crippen MR) is 79.9 cm³/mol. The largest absolute Gasteiger partial charge is 0.489 e. The number of esters is 1. The lowest BCUT2D eigenvalue weighted by atomic mass is 10.2. The summed E-state index contributed by atoms with van der Waals surface area (Å²) in [6.07, 6.45) is 0.261. The average Bonchev–Trinajstić information content (AvgIpc) is 2.51. The van der Waals surface area contributed by atoms with E-state index in [1.54, 1.807) is 24.3 Å². The molecule has 1 N–H and O–H groups in total. The Bertz CT molecular complexity index is 690. The van der Waals surface area contributed by atoms with Crippen LogP contribution in [0.1, 0.15) is 19.8 Å². The van der Waals surface area contributed by atoms with Gasteiger partial charge in [-0.1, -0.05) is 6.92 Å². The van der Waals surface area contributed by atoms with E-state index in [0.717, 1.165) is 5.39 Å². The minimum Gasteiger partial charge on any atom is -0.489 e. The molecule has 2 aromatic rings. The maximum atomic E-state index is 11.4. The summed E-state index contributed by atoms with van der Waals surface area (Å²) in [4.78, 5) is 22.6. The van der Waals surface area contributed by atoms with E-state index in [9.17, 15) is 14.7 Å². The molecule has 2 rings (SSSR count). The Morgan fingerprint density at radius 2 is 2.09 bits per heavy atom. The molecule has 0 aliphatic carbocycles. The maximum Gasteiger partial charge on any atom is 0.336 e. The second kappa shape index (κ2) is 7.61. The smallest absolute Gasteiger partial charge is 0.336 e. The molecule has 0 saturated heterocycles. The predicted octanol–water partition coefficient (Wildman–Crippen LogP) is 1.88. The minimum absolute atomic E-state index is 0.0223. The molecule has 22 heavy (non-hydrogen) atoms. The standard InChI is InChI=1S/C16H18O6/c1-2-3-15(18)21-13(9-17)10-20-12-6-4-11-5-7-16(19)22-14(11)8-12/h4-8,13,17H,2-3,9-10H2,1H3. The van der Waals surface area contributed by atoms with Gasteiger partial charge in [-0.3, -0.25) is 4.79 Å². The Labute approximate surface area is 127 Å². The number of benzene rings is 1. The van der Waals surface area contributed by atoms with E-state index in [2.05, 4.69) is 0 Å². The van der Waals surface area contributed by atoms with Gasteiger partial charge in [0.2, 0.25) is 0 Å². The number of rotatable bonds is 7. The van der Waals surface area contributed by atoms with E-state index in [4.69, 9.17) is 13.9 Å². The number of hydrogen-bond acceptors (Lipinski definition) is 6. The minimum atomic E-state index is -0.725. The monoisotopic (exact) mass is 306 g/mol.